The first kappa shape index (κ1) is 30.3. The van der Waals surface area contributed by atoms with E-state index in [9.17, 15) is 19.5 Å². The number of rotatable bonds is 17. The molecule has 2 amide bonds. The van der Waals surface area contributed by atoms with Crippen LogP contribution in [0.5, 0.6) is 0 Å². The van der Waals surface area contributed by atoms with E-state index < -0.39 is 11.5 Å². The van der Waals surface area contributed by atoms with Crippen LogP contribution in [0.25, 0.3) is 0 Å². The maximum atomic E-state index is 13.2. The second-order valence-electron chi connectivity index (χ2n) is 10.3. The first-order valence-electron chi connectivity index (χ1n) is 13.5. The van der Waals surface area contributed by atoms with Gasteiger partial charge >= 0.3 is 5.97 Å². The van der Waals surface area contributed by atoms with E-state index in [1.807, 2.05) is 36.4 Å². The quantitative estimate of drug-likeness (QED) is 0.164. The minimum Gasteiger partial charge on any atom is -0.463 e. The molecule has 0 bridgehead atoms. The van der Waals surface area contributed by atoms with Gasteiger partial charge in [0.1, 0.15) is 6.61 Å². The van der Waals surface area contributed by atoms with E-state index >= 15 is 0 Å². The fourth-order valence-corrected chi connectivity index (χ4v) is 4.85. The van der Waals surface area contributed by atoms with E-state index in [0.29, 0.717) is 19.3 Å². The summed E-state index contributed by atoms with van der Waals surface area (Å²) in [7, 11) is 0. The minimum absolute atomic E-state index is 0.000510. The van der Waals surface area contributed by atoms with Crippen LogP contribution in [0.3, 0.4) is 0 Å². The molecule has 0 saturated heterocycles. The average Bonchev–Trinajstić information content (AvgIpc) is 3.35. The number of esters is 1. The summed E-state index contributed by atoms with van der Waals surface area (Å²) < 4.78 is 5.88. The highest BCUT2D eigenvalue weighted by Crippen LogP contribution is 2.31. The monoisotopic (exact) mass is 512 g/mol. The van der Waals surface area contributed by atoms with E-state index in [0.717, 1.165) is 44.1 Å². The van der Waals surface area contributed by atoms with Gasteiger partial charge < -0.3 is 20.5 Å². The van der Waals surface area contributed by atoms with Gasteiger partial charge in [0.15, 0.2) is 0 Å². The molecule has 0 unspecified atom stereocenters. The van der Waals surface area contributed by atoms with E-state index in [1.54, 1.807) is 13.0 Å². The number of benzene rings is 1. The maximum absolute atomic E-state index is 13.2. The zero-order valence-corrected chi connectivity index (χ0v) is 22.3. The number of hydrogen-bond donors (Lipinski definition) is 3. The molecule has 204 valence electrons. The predicted molar refractivity (Wildman–Crippen MR) is 146 cm³/mol. The lowest BCUT2D eigenvalue weighted by Gasteiger charge is -2.32. The number of ether oxygens (including phenoxy) is 1. The molecule has 3 N–H and O–H groups in total. The van der Waals surface area contributed by atoms with Crippen LogP contribution >= 0.6 is 0 Å². The molecule has 2 rings (SSSR count). The molecule has 1 aliphatic carbocycles. The Morgan fingerprint density at radius 3 is 2.43 bits per heavy atom. The largest absolute Gasteiger partial charge is 0.463 e. The van der Waals surface area contributed by atoms with Crippen LogP contribution in [0, 0.1) is 11.8 Å². The van der Waals surface area contributed by atoms with Gasteiger partial charge in [0.25, 0.3) is 0 Å². The number of nitrogens with one attached hydrogen (secondary N) is 2. The van der Waals surface area contributed by atoms with Crippen LogP contribution in [-0.2, 0) is 25.5 Å². The fraction of sp³-hybridized carbons (Fsp3) is 0.567. The van der Waals surface area contributed by atoms with Crippen molar-refractivity contribution < 1.29 is 24.2 Å². The number of carbonyl (C=O) groups excluding carboxylic acids is 3. The number of aliphatic hydroxyl groups is 1. The van der Waals surface area contributed by atoms with Crippen molar-refractivity contribution in [2.24, 2.45) is 11.8 Å². The smallest absolute Gasteiger partial charge is 0.309 e. The molecule has 0 aliphatic heterocycles. The van der Waals surface area contributed by atoms with Gasteiger partial charge in [-0.1, -0.05) is 55.3 Å². The third kappa shape index (κ3) is 10.5. The zero-order valence-electron chi connectivity index (χ0n) is 22.3. The summed E-state index contributed by atoms with van der Waals surface area (Å²) in [6, 6.07) is 9.55. The molecule has 1 aromatic carbocycles. The molecule has 0 spiro atoms. The van der Waals surface area contributed by atoms with E-state index in [1.165, 1.54) is 0 Å². The van der Waals surface area contributed by atoms with Crippen molar-refractivity contribution in [3.8, 4) is 0 Å². The zero-order chi connectivity index (χ0) is 27.1. The van der Waals surface area contributed by atoms with Crippen LogP contribution in [0.4, 0.5) is 0 Å². The number of unbranched alkanes of at least 4 members (excludes halogenated alkanes) is 1. The lowest BCUT2D eigenvalue weighted by Crippen LogP contribution is -2.52. The molecular weight excluding hydrogens is 468 g/mol. The molecule has 1 fully saturated rings. The van der Waals surface area contributed by atoms with Crippen LogP contribution in [0.2, 0.25) is 0 Å². The Labute approximate surface area is 221 Å². The molecular formula is C30H44N2O5. The van der Waals surface area contributed by atoms with E-state index in [-0.39, 0.29) is 49.4 Å². The molecule has 7 nitrogen and oxygen atoms in total. The Bertz CT molecular complexity index is 879. The molecule has 7 heteroatoms. The third-order valence-corrected chi connectivity index (χ3v) is 6.99. The van der Waals surface area contributed by atoms with Gasteiger partial charge in [-0.3, -0.25) is 14.4 Å². The average molecular weight is 513 g/mol. The van der Waals surface area contributed by atoms with Crippen LogP contribution < -0.4 is 10.6 Å². The van der Waals surface area contributed by atoms with Gasteiger partial charge in [0, 0.05) is 12.5 Å². The normalized spacial score (nSPS) is 16.7. The highest BCUT2D eigenvalue weighted by atomic mass is 16.5. The van der Waals surface area contributed by atoms with Gasteiger partial charge in [0.05, 0.1) is 24.0 Å². The summed E-state index contributed by atoms with van der Waals surface area (Å²) in [6.45, 7) is 9.16. The molecule has 0 aromatic heterocycles. The number of aliphatic hydroxyl groups excluding tert-OH is 1. The first-order valence-corrected chi connectivity index (χ1v) is 13.5. The Morgan fingerprint density at radius 1 is 1.11 bits per heavy atom. The summed E-state index contributed by atoms with van der Waals surface area (Å²) in [5.41, 5.74) is 0.465. The fourth-order valence-electron chi connectivity index (χ4n) is 4.85. The summed E-state index contributed by atoms with van der Waals surface area (Å²) in [5.74, 6) is -1.62. The predicted octanol–water partition coefficient (Wildman–Crippen LogP) is 4.25. The standard InChI is InChI=1S/C30H44N2O5/c1-4-6-8-16-26(19-24-14-9-7-10-15-24)29(36)37-22-30(17-11-12-18-30)32-28(35)25(13-5-2)20-27(34)31-23(3)21-33/h4-5,7,9-10,14-15,23,25-26,33H,1-2,6,8,11-13,16-22H2,3H3,(H,31,34)(H,32,35)/t23-,25+,26-/m1/s1. The highest BCUT2D eigenvalue weighted by molar-refractivity contribution is 5.86. The van der Waals surface area contributed by atoms with Crippen LogP contribution in [-0.4, -0.2) is 47.7 Å². The van der Waals surface area contributed by atoms with Crippen molar-refractivity contribution in [2.45, 2.75) is 82.7 Å². The molecule has 0 radical (unpaired) electrons. The Kier molecular flexibility index (Phi) is 13.1. The van der Waals surface area contributed by atoms with Crippen molar-refractivity contribution >= 4 is 17.8 Å². The molecule has 1 saturated carbocycles. The Balaban J connectivity index is 2.04. The lowest BCUT2D eigenvalue weighted by atomic mass is 9.93. The SMILES string of the molecule is C=CCCC[C@H](Cc1ccccc1)C(=O)OCC1(NC(=O)[C@@H](CC=C)CC(=O)N[C@H](C)CO)CCCC1. The van der Waals surface area contributed by atoms with Crippen LogP contribution in [0.15, 0.2) is 55.6 Å². The van der Waals surface area contributed by atoms with Crippen molar-refractivity contribution in [3.63, 3.8) is 0 Å². The second-order valence-corrected chi connectivity index (χ2v) is 10.3. The first-order chi connectivity index (χ1) is 17.8. The summed E-state index contributed by atoms with van der Waals surface area (Å²) in [4.78, 5) is 38.8. The number of carbonyl (C=O) groups is 3. The number of hydrogen-bond acceptors (Lipinski definition) is 5. The van der Waals surface area contributed by atoms with Gasteiger partial charge in [-0.2, -0.15) is 0 Å². The van der Waals surface area contributed by atoms with Gasteiger partial charge in [-0.05, 0) is 57.4 Å². The van der Waals surface area contributed by atoms with Gasteiger partial charge in [-0.15, -0.1) is 13.2 Å². The molecule has 0 heterocycles. The Morgan fingerprint density at radius 2 is 1.81 bits per heavy atom. The van der Waals surface area contributed by atoms with Crippen molar-refractivity contribution in [1.29, 1.82) is 0 Å². The Hall–Kier alpha value is -2.93. The highest BCUT2D eigenvalue weighted by Gasteiger charge is 2.39. The summed E-state index contributed by atoms with van der Waals surface area (Å²) in [6.07, 6.45) is 10.2. The number of amides is 2. The van der Waals surface area contributed by atoms with E-state index in [2.05, 4.69) is 23.8 Å². The van der Waals surface area contributed by atoms with Crippen LogP contribution in [0.1, 0.15) is 70.3 Å². The van der Waals surface area contributed by atoms with Crippen molar-refractivity contribution in [1.82, 2.24) is 10.6 Å². The maximum Gasteiger partial charge on any atom is 0.309 e. The van der Waals surface area contributed by atoms with Gasteiger partial charge in [0.2, 0.25) is 11.8 Å². The molecule has 37 heavy (non-hydrogen) atoms. The third-order valence-electron chi connectivity index (χ3n) is 6.99. The molecule has 1 aromatic rings. The number of allylic oxidation sites excluding steroid dienone is 2. The van der Waals surface area contributed by atoms with E-state index in [4.69, 9.17) is 4.74 Å². The minimum atomic E-state index is -0.626. The molecule has 3 atom stereocenters. The van der Waals surface area contributed by atoms with Gasteiger partial charge in [-0.25, -0.2) is 0 Å². The van der Waals surface area contributed by atoms with Crippen molar-refractivity contribution in [2.75, 3.05) is 13.2 Å². The lowest BCUT2D eigenvalue weighted by molar-refractivity contribution is -0.152. The van der Waals surface area contributed by atoms with Crippen molar-refractivity contribution in [3.05, 3.63) is 61.2 Å². The molecule has 1 aliphatic rings. The second kappa shape index (κ2) is 16.0. The topological polar surface area (TPSA) is 105 Å². The summed E-state index contributed by atoms with van der Waals surface area (Å²) in [5, 5.41) is 15.0. The summed E-state index contributed by atoms with van der Waals surface area (Å²) >= 11 is 0.